The maximum atomic E-state index is 13.0. The Morgan fingerprint density at radius 1 is 1.09 bits per heavy atom. The SMILES string of the molecule is Cc1nn2c(c1N=Nc1c(C#N)cnn1-c1ccccc1S(C)(=O)=O)Nc1ccccc1S2(=O)=O. The average molecular weight is 509 g/mol. The molecule has 0 spiro atoms. The fraction of sp³-hybridized carbons (Fsp3) is 0.0952. The summed E-state index contributed by atoms with van der Waals surface area (Å²) < 4.78 is 52.7. The van der Waals surface area contributed by atoms with Crippen molar-refractivity contribution in [3.63, 3.8) is 0 Å². The molecule has 14 heteroatoms. The Kier molecular flexibility index (Phi) is 5.04. The van der Waals surface area contributed by atoms with Gasteiger partial charge in [-0.25, -0.2) is 13.1 Å². The van der Waals surface area contributed by atoms with Crippen LogP contribution in [0.2, 0.25) is 0 Å². The van der Waals surface area contributed by atoms with Crippen LogP contribution in [0.15, 0.2) is 74.7 Å². The number of nitrogens with zero attached hydrogens (tertiary/aromatic N) is 7. The molecule has 0 aliphatic carbocycles. The number of aromatic nitrogens is 4. The molecular formula is C21H16N8O4S2. The minimum Gasteiger partial charge on any atom is -0.336 e. The topological polar surface area (TPSA) is 164 Å². The number of anilines is 2. The standard InChI is InChI=1S/C21H16N8O4S2/c1-13-19(21-24-15-7-3-5-9-17(15)35(32,33)29(21)27-13)25-26-20-14(11-22)12-23-28(20)16-8-4-6-10-18(16)34(2,30)31/h3-10,12,24H,1-2H3. The Labute approximate surface area is 200 Å². The lowest BCUT2D eigenvalue weighted by Crippen LogP contribution is -2.22. The monoisotopic (exact) mass is 508 g/mol. The Bertz CT molecular complexity index is 1790. The first-order valence-corrected chi connectivity index (χ1v) is 13.4. The number of para-hydroxylation sites is 2. The molecule has 0 saturated heterocycles. The van der Waals surface area contributed by atoms with E-state index in [-0.39, 0.29) is 44.1 Å². The number of azo groups is 1. The first-order chi connectivity index (χ1) is 16.6. The average Bonchev–Trinajstić information content (AvgIpc) is 3.38. The molecule has 0 saturated carbocycles. The lowest BCUT2D eigenvalue weighted by atomic mass is 10.3. The van der Waals surface area contributed by atoms with Gasteiger partial charge >= 0.3 is 0 Å². The predicted molar refractivity (Wildman–Crippen MR) is 125 cm³/mol. The normalized spacial score (nSPS) is 14.2. The fourth-order valence-electron chi connectivity index (χ4n) is 3.65. The lowest BCUT2D eigenvalue weighted by Gasteiger charge is -2.19. The molecule has 12 nitrogen and oxygen atoms in total. The van der Waals surface area contributed by atoms with Crippen molar-refractivity contribution in [3.05, 3.63) is 66.0 Å². The molecule has 2 aromatic heterocycles. The fourth-order valence-corrected chi connectivity index (χ4v) is 5.94. The molecule has 1 aliphatic rings. The zero-order valence-electron chi connectivity index (χ0n) is 18.3. The number of sulfone groups is 1. The molecule has 35 heavy (non-hydrogen) atoms. The summed E-state index contributed by atoms with van der Waals surface area (Å²) in [4.78, 5) is 0.0632. The van der Waals surface area contributed by atoms with Crippen molar-refractivity contribution in [1.29, 1.82) is 5.26 Å². The van der Waals surface area contributed by atoms with Crippen molar-refractivity contribution in [2.45, 2.75) is 16.7 Å². The van der Waals surface area contributed by atoms with Crippen LogP contribution in [-0.4, -0.2) is 42.1 Å². The van der Waals surface area contributed by atoms with Crippen molar-refractivity contribution in [1.82, 2.24) is 19.0 Å². The van der Waals surface area contributed by atoms with Crippen molar-refractivity contribution in [2.24, 2.45) is 10.2 Å². The van der Waals surface area contributed by atoms with Crippen molar-refractivity contribution >= 4 is 42.9 Å². The number of hydrogen-bond acceptors (Lipinski definition) is 10. The summed E-state index contributed by atoms with van der Waals surface area (Å²) >= 11 is 0. The molecule has 0 unspecified atom stereocenters. The van der Waals surface area contributed by atoms with E-state index in [9.17, 15) is 22.1 Å². The molecule has 0 amide bonds. The summed E-state index contributed by atoms with van der Waals surface area (Å²) in [5, 5.41) is 29.2. The van der Waals surface area contributed by atoms with E-state index in [1.165, 1.54) is 29.1 Å². The third kappa shape index (κ3) is 3.57. The highest BCUT2D eigenvalue weighted by molar-refractivity contribution is 7.91. The summed E-state index contributed by atoms with van der Waals surface area (Å²) in [7, 11) is -7.58. The van der Waals surface area contributed by atoms with Gasteiger partial charge in [0.1, 0.15) is 16.5 Å². The molecule has 1 N–H and O–H groups in total. The highest BCUT2D eigenvalue weighted by Gasteiger charge is 2.33. The summed E-state index contributed by atoms with van der Waals surface area (Å²) in [6.45, 7) is 1.57. The lowest BCUT2D eigenvalue weighted by molar-refractivity contribution is 0.579. The van der Waals surface area contributed by atoms with Crippen LogP contribution in [0.3, 0.4) is 0 Å². The second-order valence-electron chi connectivity index (χ2n) is 7.60. The summed E-state index contributed by atoms with van der Waals surface area (Å²) in [6.07, 6.45) is 2.31. The number of nitriles is 1. The number of benzene rings is 2. The predicted octanol–water partition coefficient (Wildman–Crippen LogP) is 3.36. The first-order valence-electron chi connectivity index (χ1n) is 10.0. The van der Waals surface area contributed by atoms with Crippen molar-refractivity contribution < 1.29 is 16.8 Å². The second kappa shape index (κ2) is 7.86. The highest BCUT2D eigenvalue weighted by atomic mass is 32.2. The molecule has 0 atom stereocenters. The quantitative estimate of drug-likeness (QED) is 0.361. The van der Waals surface area contributed by atoms with Crippen molar-refractivity contribution in [2.75, 3.05) is 11.6 Å². The van der Waals surface area contributed by atoms with Gasteiger partial charge in [-0.1, -0.05) is 24.3 Å². The van der Waals surface area contributed by atoms with E-state index in [2.05, 4.69) is 25.7 Å². The molecule has 2 aromatic carbocycles. The van der Waals surface area contributed by atoms with Gasteiger partial charge in [-0.05, 0) is 31.2 Å². The minimum absolute atomic E-state index is 0.00694. The third-order valence-corrected chi connectivity index (χ3v) is 8.02. The maximum Gasteiger partial charge on any atom is 0.287 e. The molecule has 0 bridgehead atoms. The molecule has 1 aliphatic heterocycles. The molecule has 0 radical (unpaired) electrons. The van der Waals surface area contributed by atoms with Gasteiger partial charge in [-0.15, -0.1) is 14.3 Å². The van der Waals surface area contributed by atoms with Gasteiger partial charge in [0, 0.05) is 6.26 Å². The van der Waals surface area contributed by atoms with E-state index in [1.807, 2.05) is 6.07 Å². The molecule has 0 fully saturated rings. The first kappa shape index (κ1) is 22.4. The summed E-state index contributed by atoms with van der Waals surface area (Å²) in [5.41, 5.74) is 1.00. The van der Waals surface area contributed by atoms with Crippen LogP contribution in [0.1, 0.15) is 11.3 Å². The van der Waals surface area contributed by atoms with Crippen LogP contribution >= 0.6 is 0 Å². The molecule has 4 aromatic rings. The highest BCUT2D eigenvalue weighted by Crippen LogP contribution is 2.41. The van der Waals surface area contributed by atoms with Crippen LogP contribution in [0.5, 0.6) is 0 Å². The van der Waals surface area contributed by atoms with Crippen LogP contribution in [-0.2, 0) is 19.9 Å². The molecular weight excluding hydrogens is 492 g/mol. The largest absolute Gasteiger partial charge is 0.336 e. The Morgan fingerprint density at radius 2 is 1.80 bits per heavy atom. The van der Waals surface area contributed by atoms with E-state index < -0.39 is 19.9 Å². The van der Waals surface area contributed by atoms with E-state index in [0.29, 0.717) is 5.69 Å². The Hall–Kier alpha value is -4.35. The number of fused-ring (bicyclic) bond motifs is 2. The van der Waals surface area contributed by atoms with Crippen LogP contribution < -0.4 is 5.32 Å². The van der Waals surface area contributed by atoms with Crippen LogP contribution in [0.4, 0.5) is 23.0 Å². The zero-order valence-corrected chi connectivity index (χ0v) is 19.9. The van der Waals surface area contributed by atoms with Crippen LogP contribution in [0, 0.1) is 18.3 Å². The van der Waals surface area contributed by atoms with E-state index in [4.69, 9.17) is 0 Å². The number of aryl methyl sites for hydroxylation is 1. The minimum atomic E-state index is -3.96. The van der Waals surface area contributed by atoms with Crippen molar-refractivity contribution in [3.8, 4) is 11.8 Å². The van der Waals surface area contributed by atoms with Gasteiger partial charge in [-0.2, -0.15) is 23.9 Å². The van der Waals surface area contributed by atoms with Gasteiger partial charge in [0.15, 0.2) is 27.2 Å². The molecule has 176 valence electrons. The smallest absolute Gasteiger partial charge is 0.287 e. The van der Waals surface area contributed by atoms with Gasteiger partial charge in [0.05, 0.1) is 28.2 Å². The maximum absolute atomic E-state index is 13.0. The number of rotatable bonds is 4. The Morgan fingerprint density at radius 3 is 2.54 bits per heavy atom. The van der Waals surface area contributed by atoms with Crippen LogP contribution in [0.25, 0.3) is 5.69 Å². The second-order valence-corrected chi connectivity index (χ2v) is 11.3. The van der Waals surface area contributed by atoms with Gasteiger partial charge in [0.25, 0.3) is 10.0 Å². The summed E-state index contributed by atoms with van der Waals surface area (Å²) in [6, 6.07) is 14.5. The van der Waals surface area contributed by atoms with Gasteiger partial charge in [-0.3, -0.25) is 0 Å². The number of hydrogen-bond donors (Lipinski definition) is 1. The molecule has 5 rings (SSSR count). The molecule has 3 heterocycles. The summed E-state index contributed by atoms with van der Waals surface area (Å²) in [5.74, 6) is 0.0630. The zero-order chi connectivity index (χ0) is 25.0. The van der Waals surface area contributed by atoms with Gasteiger partial charge < -0.3 is 5.32 Å². The Balaban J connectivity index is 1.66. The van der Waals surface area contributed by atoms with Gasteiger partial charge in [0.2, 0.25) is 0 Å². The third-order valence-electron chi connectivity index (χ3n) is 5.25. The van der Waals surface area contributed by atoms with E-state index in [0.717, 1.165) is 10.3 Å². The van der Waals surface area contributed by atoms with E-state index in [1.54, 1.807) is 37.3 Å². The number of nitrogens with one attached hydrogen (secondary N) is 1. The van der Waals surface area contributed by atoms with E-state index >= 15 is 0 Å².